The quantitative estimate of drug-likeness (QED) is 0.778. The molecule has 5 nitrogen and oxygen atoms in total. The number of rotatable bonds is 6. The molecule has 1 amide bonds. The van der Waals surface area contributed by atoms with Crippen molar-refractivity contribution in [1.29, 1.82) is 0 Å². The molecule has 25 heavy (non-hydrogen) atoms. The lowest BCUT2D eigenvalue weighted by Crippen LogP contribution is -2.15. The van der Waals surface area contributed by atoms with Crippen LogP contribution in [0.15, 0.2) is 23.6 Å². The maximum Gasteiger partial charge on any atom is 0.341 e. The molecule has 1 aliphatic carbocycles. The average molecular weight is 359 g/mol. The van der Waals surface area contributed by atoms with Gasteiger partial charge in [-0.3, -0.25) is 4.79 Å². The summed E-state index contributed by atoms with van der Waals surface area (Å²) < 4.78 is 10.5. The highest BCUT2D eigenvalue weighted by Crippen LogP contribution is 2.46. The summed E-state index contributed by atoms with van der Waals surface area (Å²) in [6.07, 6.45) is 2.15. The zero-order chi connectivity index (χ0) is 18.0. The summed E-state index contributed by atoms with van der Waals surface area (Å²) >= 11 is 1.37. The van der Waals surface area contributed by atoms with E-state index in [1.807, 2.05) is 18.4 Å². The van der Waals surface area contributed by atoms with Gasteiger partial charge < -0.3 is 14.8 Å². The van der Waals surface area contributed by atoms with Crippen molar-refractivity contribution in [2.45, 2.75) is 32.6 Å². The van der Waals surface area contributed by atoms with E-state index >= 15 is 0 Å². The fourth-order valence-corrected chi connectivity index (χ4v) is 3.73. The zero-order valence-electron chi connectivity index (χ0n) is 14.5. The van der Waals surface area contributed by atoms with E-state index in [1.54, 1.807) is 26.2 Å². The molecular formula is C19H21NO4S. The van der Waals surface area contributed by atoms with Crippen LogP contribution in [0.2, 0.25) is 0 Å². The number of amides is 1. The minimum atomic E-state index is -0.373. The summed E-state index contributed by atoms with van der Waals surface area (Å²) in [5, 5.41) is 5.36. The molecule has 0 atom stereocenters. The van der Waals surface area contributed by atoms with Crippen molar-refractivity contribution in [2.24, 2.45) is 0 Å². The maximum atomic E-state index is 12.6. The molecule has 1 heterocycles. The number of hydrogen-bond donors (Lipinski definition) is 1. The Balaban J connectivity index is 1.87. The Morgan fingerprint density at radius 1 is 1.32 bits per heavy atom. The predicted molar refractivity (Wildman–Crippen MR) is 97.9 cm³/mol. The Morgan fingerprint density at radius 3 is 2.72 bits per heavy atom. The number of ether oxygens (including phenoxy) is 2. The minimum absolute atomic E-state index is 0.270. The van der Waals surface area contributed by atoms with Crippen molar-refractivity contribution in [3.05, 3.63) is 45.8 Å². The summed E-state index contributed by atoms with van der Waals surface area (Å²) in [7, 11) is 1.57. The molecule has 3 rings (SSSR count). The second kappa shape index (κ2) is 7.27. The van der Waals surface area contributed by atoms with Crippen LogP contribution in [0.3, 0.4) is 0 Å². The van der Waals surface area contributed by atoms with Crippen molar-refractivity contribution in [3.8, 4) is 5.75 Å². The summed E-state index contributed by atoms with van der Waals surface area (Å²) in [4.78, 5) is 25.0. The molecule has 132 valence electrons. The lowest BCUT2D eigenvalue weighted by Gasteiger charge is -2.10. The lowest BCUT2D eigenvalue weighted by atomic mass is 10.1. The molecule has 1 aromatic heterocycles. The molecule has 2 aromatic rings. The van der Waals surface area contributed by atoms with Crippen LogP contribution in [-0.4, -0.2) is 25.6 Å². The van der Waals surface area contributed by atoms with Crippen LogP contribution < -0.4 is 10.1 Å². The van der Waals surface area contributed by atoms with E-state index < -0.39 is 0 Å². The van der Waals surface area contributed by atoms with Crippen LogP contribution in [-0.2, 0) is 4.74 Å². The Labute approximate surface area is 151 Å². The van der Waals surface area contributed by atoms with Crippen molar-refractivity contribution < 1.29 is 19.1 Å². The number of methoxy groups -OCH3 is 1. The van der Waals surface area contributed by atoms with Crippen molar-refractivity contribution in [3.63, 3.8) is 0 Å². The Morgan fingerprint density at radius 2 is 2.08 bits per heavy atom. The van der Waals surface area contributed by atoms with Gasteiger partial charge in [0.15, 0.2) is 0 Å². The first-order valence-electron chi connectivity index (χ1n) is 8.29. The van der Waals surface area contributed by atoms with Gasteiger partial charge in [0.05, 0.1) is 19.3 Å². The van der Waals surface area contributed by atoms with E-state index in [9.17, 15) is 9.59 Å². The third-order valence-corrected chi connectivity index (χ3v) is 5.13. The molecule has 1 saturated carbocycles. The Hall–Kier alpha value is -2.34. The van der Waals surface area contributed by atoms with Crippen LogP contribution in [0.1, 0.15) is 57.5 Å². The van der Waals surface area contributed by atoms with Crippen molar-refractivity contribution in [2.75, 3.05) is 19.0 Å². The van der Waals surface area contributed by atoms with Crippen molar-refractivity contribution in [1.82, 2.24) is 0 Å². The van der Waals surface area contributed by atoms with Gasteiger partial charge in [0.1, 0.15) is 10.8 Å². The van der Waals surface area contributed by atoms with E-state index in [4.69, 9.17) is 9.47 Å². The highest BCUT2D eigenvalue weighted by molar-refractivity contribution is 7.15. The number of thiophene rings is 1. The molecule has 0 bridgehead atoms. The molecule has 0 radical (unpaired) electrons. The molecule has 1 fully saturated rings. The number of carbonyl (C=O) groups excluding carboxylic acids is 2. The maximum absolute atomic E-state index is 12.6. The van der Waals surface area contributed by atoms with Gasteiger partial charge in [0.25, 0.3) is 5.91 Å². The first-order valence-corrected chi connectivity index (χ1v) is 9.17. The summed E-state index contributed by atoms with van der Waals surface area (Å²) in [6, 6.07) is 5.28. The van der Waals surface area contributed by atoms with Gasteiger partial charge in [-0.05, 0) is 61.2 Å². The number of aryl methyl sites for hydroxylation is 1. The molecule has 6 heteroatoms. The van der Waals surface area contributed by atoms with Crippen LogP contribution >= 0.6 is 11.3 Å². The van der Waals surface area contributed by atoms with Gasteiger partial charge in [0, 0.05) is 5.56 Å². The molecule has 0 saturated heterocycles. The summed E-state index contributed by atoms with van der Waals surface area (Å²) in [5.41, 5.74) is 2.93. The van der Waals surface area contributed by atoms with E-state index in [0.29, 0.717) is 34.4 Å². The number of benzene rings is 1. The molecule has 0 spiro atoms. The topological polar surface area (TPSA) is 64.6 Å². The Bertz CT molecular complexity index is 808. The number of nitrogens with one attached hydrogen (secondary N) is 1. The second-order valence-electron chi connectivity index (χ2n) is 6.03. The van der Waals surface area contributed by atoms with Crippen LogP contribution in [0.4, 0.5) is 5.00 Å². The van der Waals surface area contributed by atoms with E-state index in [-0.39, 0.29) is 11.9 Å². The fourth-order valence-electron chi connectivity index (χ4n) is 2.71. The predicted octanol–water partition coefficient (Wildman–Crippen LogP) is 4.37. The SMILES string of the molecule is CCOC(=O)c1c(C2CC2)csc1NC(=O)c1ccc(C)c(OC)c1. The third kappa shape index (κ3) is 3.69. The number of carbonyl (C=O) groups is 2. The number of esters is 1. The van der Waals surface area contributed by atoms with Crippen LogP contribution in [0, 0.1) is 6.92 Å². The number of hydrogen-bond acceptors (Lipinski definition) is 5. The Kier molecular flexibility index (Phi) is 5.08. The molecule has 1 aromatic carbocycles. The first kappa shape index (κ1) is 17.5. The number of anilines is 1. The highest BCUT2D eigenvalue weighted by atomic mass is 32.1. The van der Waals surface area contributed by atoms with Gasteiger partial charge in [-0.25, -0.2) is 4.79 Å². The largest absolute Gasteiger partial charge is 0.496 e. The second-order valence-corrected chi connectivity index (χ2v) is 6.91. The van der Waals surface area contributed by atoms with E-state index in [0.717, 1.165) is 24.0 Å². The van der Waals surface area contributed by atoms with Gasteiger partial charge in [-0.15, -0.1) is 11.3 Å². The summed E-state index contributed by atoms with van der Waals surface area (Å²) in [5.74, 6) is 0.416. The molecular weight excluding hydrogens is 338 g/mol. The molecule has 1 N–H and O–H groups in total. The zero-order valence-corrected chi connectivity index (χ0v) is 15.4. The fraction of sp³-hybridized carbons (Fsp3) is 0.368. The lowest BCUT2D eigenvalue weighted by molar-refractivity contribution is 0.0527. The van der Waals surface area contributed by atoms with Gasteiger partial charge in [0.2, 0.25) is 0 Å². The van der Waals surface area contributed by atoms with Gasteiger partial charge in [-0.2, -0.15) is 0 Å². The standard InChI is InChI=1S/C19H21NO4S/c1-4-24-19(22)16-14(12-7-8-12)10-25-18(16)20-17(21)13-6-5-11(2)15(9-13)23-3/h5-6,9-10,12H,4,7-8H2,1-3H3,(H,20,21). The van der Waals surface area contributed by atoms with Gasteiger partial charge in [-0.1, -0.05) is 6.07 Å². The molecule has 0 unspecified atom stereocenters. The van der Waals surface area contributed by atoms with Crippen LogP contribution in [0.5, 0.6) is 5.75 Å². The normalized spacial score (nSPS) is 13.4. The third-order valence-electron chi connectivity index (χ3n) is 4.21. The minimum Gasteiger partial charge on any atom is -0.496 e. The first-order chi connectivity index (χ1) is 12.0. The summed E-state index contributed by atoms with van der Waals surface area (Å²) in [6.45, 7) is 4.00. The van der Waals surface area contributed by atoms with Gasteiger partial charge >= 0.3 is 5.97 Å². The average Bonchev–Trinajstić information content (AvgIpc) is 3.36. The molecule has 1 aliphatic rings. The highest BCUT2D eigenvalue weighted by Gasteiger charge is 2.32. The monoisotopic (exact) mass is 359 g/mol. The van der Waals surface area contributed by atoms with E-state index in [1.165, 1.54) is 11.3 Å². The molecule has 0 aliphatic heterocycles. The van der Waals surface area contributed by atoms with Crippen LogP contribution in [0.25, 0.3) is 0 Å². The van der Waals surface area contributed by atoms with Crippen molar-refractivity contribution >= 4 is 28.2 Å². The van der Waals surface area contributed by atoms with E-state index in [2.05, 4.69) is 5.32 Å². The smallest absolute Gasteiger partial charge is 0.341 e.